The highest BCUT2D eigenvalue weighted by Crippen LogP contribution is 2.21. The van der Waals surface area contributed by atoms with Crippen LogP contribution in [0.25, 0.3) is 0 Å². The summed E-state index contributed by atoms with van der Waals surface area (Å²) in [6, 6.07) is 8.27. The highest BCUT2D eigenvalue weighted by Gasteiger charge is 2.33. The third-order valence-corrected chi connectivity index (χ3v) is 7.86. The highest BCUT2D eigenvalue weighted by atomic mass is 32.2. The predicted octanol–water partition coefficient (Wildman–Crippen LogP) is 1.81. The molecule has 2 saturated heterocycles. The standard InChI is InChI=1S/C21H34N4O3S/c1-23(2)29(27,28)25-14-8-11-20(17-25)21(26)22-15-18-9-4-5-10-19(18)16-24-12-6-3-7-13-24/h4-5,9-10,20H,3,6-8,11-17H2,1-2H3,(H,22,26)/t20-/m1/s1. The van der Waals surface area contributed by atoms with Crippen LogP contribution in [0.4, 0.5) is 0 Å². The monoisotopic (exact) mass is 422 g/mol. The van der Waals surface area contributed by atoms with Gasteiger partial charge in [-0.2, -0.15) is 17.0 Å². The molecule has 0 bridgehead atoms. The van der Waals surface area contributed by atoms with Crippen molar-refractivity contribution in [3.8, 4) is 0 Å². The Labute approximate surface area is 175 Å². The van der Waals surface area contributed by atoms with Crippen molar-refractivity contribution in [3.05, 3.63) is 35.4 Å². The Morgan fingerprint density at radius 2 is 1.76 bits per heavy atom. The Bertz CT molecular complexity index is 791. The molecule has 2 fully saturated rings. The molecule has 8 heteroatoms. The summed E-state index contributed by atoms with van der Waals surface area (Å²) < 4.78 is 27.4. The normalized spacial score (nSPS) is 22.0. The molecular formula is C21H34N4O3S. The van der Waals surface area contributed by atoms with E-state index in [1.807, 2.05) is 6.07 Å². The summed E-state index contributed by atoms with van der Waals surface area (Å²) in [7, 11) is -0.423. The van der Waals surface area contributed by atoms with Crippen LogP contribution in [0.15, 0.2) is 24.3 Å². The first-order valence-corrected chi connectivity index (χ1v) is 12.0. The summed E-state index contributed by atoms with van der Waals surface area (Å²) in [5, 5.41) is 3.05. The highest BCUT2D eigenvalue weighted by molar-refractivity contribution is 7.86. The number of carbonyl (C=O) groups excluding carboxylic acids is 1. The zero-order valence-corrected chi connectivity index (χ0v) is 18.5. The van der Waals surface area contributed by atoms with Gasteiger partial charge in [-0.25, -0.2) is 0 Å². The third-order valence-electron chi connectivity index (χ3n) is 5.96. The first kappa shape index (κ1) is 22.2. The maximum Gasteiger partial charge on any atom is 0.281 e. The largest absolute Gasteiger partial charge is 0.352 e. The van der Waals surface area contributed by atoms with E-state index >= 15 is 0 Å². The van der Waals surface area contributed by atoms with Crippen molar-refractivity contribution >= 4 is 16.1 Å². The molecule has 29 heavy (non-hydrogen) atoms. The van der Waals surface area contributed by atoms with Crippen molar-refractivity contribution in [2.24, 2.45) is 5.92 Å². The molecule has 0 spiro atoms. The lowest BCUT2D eigenvalue weighted by Crippen LogP contribution is -2.48. The summed E-state index contributed by atoms with van der Waals surface area (Å²) in [5.74, 6) is -0.357. The van der Waals surface area contributed by atoms with Gasteiger partial charge >= 0.3 is 0 Å². The van der Waals surface area contributed by atoms with E-state index < -0.39 is 10.2 Å². The number of amides is 1. The van der Waals surface area contributed by atoms with Crippen molar-refractivity contribution in [1.29, 1.82) is 0 Å². The second-order valence-electron chi connectivity index (χ2n) is 8.31. The molecule has 0 saturated carbocycles. The average Bonchev–Trinajstić information content (AvgIpc) is 2.73. The summed E-state index contributed by atoms with van der Waals surface area (Å²) in [6.45, 7) is 4.41. The third kappa shape index (κ3) is 5.78. The van der Waals surface area contributed by atoms with Gasteiger partial charge in [-0.05, 0) is 49.9 Å². The molecule has 1 aromatic carbocycles. The van der Waals surface area contributed by atoms with E-state index in [0.717, 1.165) is 31.6 Å². The van der Waals surface area contributed by atoms with Crippen molar-refractivity contribution in [2.75, 3.05) is 40.3 Å². The van der Waals surface area contributed by atoms with Gasteiger partial charge in [-0.1, -0.05) is 30.7 Å². The number of hydrogen-bond acceptors (Lipinski definition) is 4. The van der Waals surface area contributed by atoms with Crippen molar-refractivity contribution < 1.29 is 13.2 Å². The molecule has 1 N–H and O–H groups in total. The fourth-order valence-electron chi connectivity index (χ4n) is 4.17. The zero-order chi connectivity index (χ0) is 20.9. The van der Waals surface area contributed by atoms with Crippen LogP contribution in [0.5, 0.6) is 0 Å². The van der Waals surface area contributed by atoms with Crippen LogP contribution in [-0.4, -0.2) is 68.1 Å². The van der Waals surface area contributed by atoms with E-state index in [2.05, 4.69) is 28.4 Å². The van der Waals surface area contributed by atoms with Gasteiger partial charge in [0.05, 0.1) is 5.92 Å². The molecule has 2 aliphatic heterocycles. The van der Waals surface area contributed by atoms with E-state index in [-0.39, 0.29) is 18.4 Å². The van der Waals surface area contributed by atoms with Crippen LogP contribution in [0, 0.1) is 5.92 Å². The summed E-state index contributed by atoms with van der Waals surface area (Å²) in [4.78, 5) is 15.2. The van der Waals surface area contributed by atoms with Crippen LogP contribution in [0.2, 0.25) is 0 Å². The Kier molecular flexibility index (Phi) is 7.67. The van der Waals surface area contributed by atoms with Crippen LogP contribution in [0.1, 0.15) is 43.2 Å². The van der Waals surface area contributed by atoms with Crippen molar-refractivity contribution in [2.45, 2.75) is 45.2 Å². The fraction of sp³-hybridized carbons (Fsp3) is 0.667. The Hall–Kier alpha value is -1.48. The van der Waals surface area contributed by atoms with Crippen molar-refractivity contribution in [1.82, 2.24) is 18.8 Å². The fourth-order valence-corrected chi connectivity index (χ4v) is 5.36. The maximum absolute atomic E-state index is 12.8. The number of rotatable bonds is 7. The molecule has 2 heterocycles. The Morgan fingerprint density at radius 3 is 2.45 bits per heavy atom. The van der Waals surface area contributed by atoms with Crippen LogP contribution < -0.4 is 5.32 Å². The van der Waals surface area contributed by atoms with Gasteiger partial charge in [-0.15, -0.1) is 0 Å². The lowest BCUT2D eigenvalue weighted by molar-refractivity contribution is -0.126. The van der Waals surface area contributed by atoms with Gasteiger partial charge < -0.3 is 5.32 Å². The lowest BCUT2D eigenvalue weighted by atomic mass is 9.98. The number of nitrogens with zero attached hydrogens (tertiary/aromatic N) is 3. The maximum atomic E-state index is 12.8. The van der Waals surface area contributed by atoms with Crippen LogP contribution >= 0.6 is 0 Å². The van der Waals surface area contributed by atoms with E-state index in [1.165, 1.54) is 47.5 Å². The number of carbonyl (C=O) groups is 1. The van der Waals surface area contributed by atoms with E-state index in [9.17, 15) is 13.2 Å². The van der Waals surface area contributed by atoms with Crippen LogP contribution in [-0.2, 0) is 28.1 Å². The minimum absolute atomic E-state index is 0.0589. The molecule has 1 amide bonds. The SMILES string of the molecule is CN(C)S(=O)(=O)N1CCC[C@@H](C(=O)NCc2ccccc2CN2CCCCC2)C1. The number of likely N-dealkylation sites (tertiary alicyclic amines) is 1. The average molecular weight is 423 g/mol. The summed E-state index contributed by atoms with van der Waals surface area (Å²) >= 11 is 0. The number of hydrogen-bond donors (Lipinski definition) is 1. The molecule has 0 radical (unpaired) electrons. The second kappa shape index (κ2) is 10.0. The smallest absolute Gasteiger partial charge is 0.281 e. The first-order chi connectivity index (χ1) is 13.9. The van der Waals surface area contributed by atoms with Gasteiger partial charge in [0.15, 0.2) is 0 Å². The van der Waals surface area contributed by atoms with E-state index in [1.54, 1.807) is 0 Å². The molecule has 162 valence electrons. The molecule has 0 unspecified atom stereocenters. The Balaban J connectivity index is 1.58. The van der Waals surface area contributed by atoms with Gasteiger partial charge in [-0.3, -0.25) is 9.69 Å². The second-order valence-corrected chi connectivity index (χ2v) is 10.5. The number of piperidine rings is 2. The Morgan fingerprint density at radius 1 is 1.07 bits per heavy atom. The minimum Gasteiger partial charge on any atom is -0.352 e. The minimum atomic E-state index is -3.48. The number of benzene rings is 1. The van der Waals surface area contributed by atoms with Gasteiger partial charge in [0.25, 0.3) is 10.2 Å². The topological polar surface area (TPSA) is 73.0 Å². The zero-order valence-electron chi connectivity index (χ0n) is 17.6. The summed E-state index contributed by atoms with van der Waals surface area (Å²) in [5.41, 5.74) is 2.40. The van der Waals surface area contributed by atoms with Gasteiger partial charge in [0, 0.05) is 40.3 Å². The van der Waals surface area contributed by atoms with Gasteiger partial charge in [0.1, 0.15) is 0 Å². The summed E-state index contributed by atoms with van der Waals surface area (Å²) in [6.07, 6.45) is 5.26. The molecule has 2 aliphatic rings. The first-order valence-electron chi connectivity index (χ1n) is 10.6. The van der Waals surface area contributed by atoms with E-state index in [0.29, 0.717) is 19.5 Å². The quantitative estimate of drug-likeness (QED) is 0.727. The molecule has 1 atom stereocenters. The van der Waals surface area contributed by atoms with Gasteiger partial charge in [0.2, 0.25) is 5.91 Å². The molecule has 0 aliphatic carbocycles. The number of nitrogens with one attached hydrogen (secondary N) is 1. The molecule has 7 nitrogen and oxygen atoms in total. The van der Waals surface area contributed by atoms with Crippen LogP contribution in [0.3, 0.4) is 0 Å². The van der Waals surface area contributed by atoms with Crippen molar-refractivity contribution in [3.63, 3.8) is 0 Å². The molecular weight excluding hydrogens is 388 g/mol. The molecule has 3 rings (SSSR count). The molecule has 0 aromatic heterocycles. The predicted molar refractivity (Wildman–Crippen MR) is 114 cm³/mol. The lowest BCUT2D eigenvalue weighted by Gasteiger charge is -2.32. The van der Waals surface area contributed by atoms with E-state index in [4.69, 9.17) is 0 Å². The molecule has 1 aromatic rings.